The van der Waals surface area contributed by atoms with Crippen molar-refractivity contribution in [3.63, 3.8) is 0 Å². The Morgan fingerprint density at radius 1 is 0.789 bits per heavy atom. The summed E-state index contributed by atoms with van der Waals surface area (Å²) in [5.74, 6) is -0.0919. The van der Waals surface area contributed by atoms with Crippen LogP contribution in [0.2, 0.25) is 0 Å². The van der Waals surface area contributed by atoms with Crippen LogP contribution in [0.15, 0.2) is 72.8 Å². The van der Waals surface area contributed by atoms with E-state index in [4.69, 9.17) is 9.47 Å². The number of hydrogen-bond donors (Lipinski definition) is 0. The van der Waals surface area contributed by atoms with Crippen LogP contribution >= 0.6 is 0 Å². The molecule has 38 heavy (non-hydrogen) atoms. The first-order valence-corrected chi connectivity index (χ1v) is 13.3. The fraction of sp³-hybridized carbons (Fsp3) is 0.394. The van der Waals surface area contributed by atoms with E-state index in [1.54, 1.807) is 0 Å². The Bertz CT molecular complexity index is 1270. The van der Waals surface area contributed by atoms with Gasteiger partial charge in [0.15, 0.2) is 11.5 Å². The Hall–Kier alpha value is -3.44. The molecule has 5 heteroatoms. The lowest BCUT2D eigenvalue weighted by atomic mass is 9.87. The maximum absolute atomic E-state index is 12.9. The number of ether oxygens (including phenoxy) is 2. The first-order valence-electron chi connectivity index (χ1n) is 13.3. The van der Waals surface area contributed by atoms with E-state index in [1.165, 1.54) is 11.1 Å². The fourth-order valence-electron chi connectivity index (χ4n) is 4.51. The molecule has 200 valence electrons. The SMILES string of the molecule is CC(C)(C)C(=O)Oc1cc2c(cc1OC(=O)C(C)(C)C)C(c1ccccc1)CN(Cc1ccccc1)CC2. The third kappa shape index (κ3) is 6.70. The minimum absolute atomic E-state index is 0.0665. The molecule has 0 saturated heterocycles. The highest BCUT2D eigenvalue weighted by Gasteiger charge is 2.31. The van der Waals surface area contributed by atoms with E-state index < -0.39 is 10.8 Å². The van der Waals surface area contributed by atoms with E-state index in [2.05, 4.69) is 53.4 Å². The molecule has 3 aromatic carbocycles. The lowest BCUT2D eigenvalue weighted by molar-refractivity contribution is -0.145. The summed E-state index contributed by atoms with van der Waals surface area (Å²) >= 11 is 0. The highest BCUT2D eigenvalue weighted by atomic mass is 16.6. The van der Waals surface area contributed by atoms with Gasteiger partial charge in [-0.05, 0) is 82.3 Å². The van der Waals surface area contributed by atoms with Gasteiger partial charge in [-0.3, -0.25) is 14.5 Å². The van der Waals surface area contributed by atoms with Crippen molar-refractivity contribution in [2.24, 2.45) is 10.8 Å². The molecule has 0 fully saturated rings. The Morgan fingerprint density at radius 3 is 1.87 bits per heavy atom. The summed E-state index contributed by atoms with van der Waals surface area (Å²) in [5.41, 5.74) is 3.26. The molecule has 4 rings (SSSR count). The predicted molar refractivity (Wildman–Crippen MR) is 150 cm³/mol. The van der Waals surface area contributed by atoms with Gasteiger partial charge in [0.05, 0.1) is 10.8 Å². The van der Waals surface area contributed by atoms with Crippen molar-refractivity contribution in [1.29, 1.82) is 0 Å². The number of fused-ring (bicyclic) bond motifs is 1. The standard InChI is InChI=1S/C33H39NO4/c1-32(2,3)30(35)37-28-19-25-17-18-34(21-23-13-9-7-10-14-23)22-27(24-15-11-8-12-16-24)26(25)20-29(28)38-31(36)33(4,5)6/h7-16,19-20,27H,17-18,21-22H2,1-6H3. The van der Waals surface area contributed by atoms with Crippen molar-refractivity contribution in [1.82, 2.24) is 4.90 Å². The van der Waals surface area contributed by atoms with Gasteiger partial charge in [0, 0.05) is 25.6 Å². The second-order valence-corrected chi connectivity index (χ2v) is 12.2. The highest BCUT2D eigenvalue weighted by Crippen LogP contribution is 2.40. The molecule has 0 N–H and O–H groups in total. The normalized spacial score (nSPS) is 16.3. The molecule has 0 radical (unpaired) electrons. The van der Waals surface area contributed by atoms with Crippen molar-refractivity contribution in [2.45, 2.75) is 60.4 Å². The Morgan fingerprint density at radius 2 is 1.32 bits per heavy atom. The van der Waals surface area contributed by atoms with Crippen LogP contribution in [0.25, 0.3) is 0 Å². The maximum atomic E-state index is 12.9. The molecule has 5 nitrogen and oxygen atoms in total. The molecule has 1 heterocycles. The van der Waals surface area contributed by atoms with Crippen LogP contribution in [0.5, 0.6) is 11.5 Å². The summed E-state index contributed by atoms with van der Waals surface area (Å²) < 4.78 is 11.8. The molecule has 0 aromatic heterocycles. The quantitative estimate of drug-likeness (QED) is 0.278. The average molecular weight is 514 g/mol. The fourth-order valence-corrected chi connectivity index (χ4v) is 4.51. The molecule has 1 aliphatic rings. The molecule has 0 spiro atoms. The summed E-state index contributed by atoms with van der Waals surface area (Å²) in [6.07, 6.45) is 0.791. The van der Waals surface area contributed by atoms with E-state index in [9.17, 15) is 9.59 Å². The van der Waals surface area contributed by atoms with Crippen LogP contribution < -0.4 is 9.47 Å². The zero-order chi connectivity index (χ0) is 27.5. The van der Waals surface area contributed by atoms with Crippen LogP contribution in [0.1, 0.15) is 69.7 Å². The summed E-state index contributed by atoms with van der Waals surface area (Å²) in [4.78, 5) is 28.3. The summed E-state index contributed by atoms with van der Waals surface area (Å²) in [6, 6.07) is 24.8. The minimum Gasteiger partial charge on any atom is -0.422 e. The number of hydrogen-bond acceptors (Lipinski definition) is 5. The van der Waals surface area contributed by atoms with E-state index in [0.29, 0.717) is 11.5 Å². The van der Waals surface area contributed by atoms with Gasteiger partial charge in [-0.15, -0.1) is 0 Å². The largest absolute Gasteiger partial charge is 0.422 e. The number of esters is 2. The lowest BCUT2D eigenvalue weighted by Crippen LogP contribution is -2.28. The van der Waals surface area contributed by atoms with Gasteiger partial charge in [0.1, 0.15) is 0 Å². The molecule has 1 atom stereocenters. The molecule has 0 aliphatic carbocycles. The van der Waals surface area contributed by atoms with Gasteiger partial charge in [-0.2, -0.15) is 0 Å². The van der Waals surface area contributed by atoms with Gasteiger partial charge in [0.2, 0.25) is 0 Å². The zero-order valence-corrected chi connectivity index (χ0v) is 23.4. The van der Waals surface area contributed by atoms with Crippen molar-refractivity contribution < 1.29 is 19.1 Å². The van der Waals surface area contributed by atoms with Crippen LogP contribution in [-0.4, -0.2) is 29.9 Å². The molecular formula is C33H39NO4. The van der Waals surface area contributed by atoms with E-state index in [-0.39, 0.29) is 17.9 Å². The topological polar surface area (TPSA) is 55.8 Å². The van der Waals surface area contributed by atoms with Crippen LogP contribution in [0, 0.1) is 10.8 Å². The predicted octanol–water partition coefficient (Wildman–Crippen LogP) is 6.78. The smallest absolute Gasteiger partial charge is 0.316 e. The van der Waals surface area contributed by atoms with Crippen molar-refractivity contribution in [3.05, 3.63) is 95.1 Å². The Kier molecular flexibility index (Phi) is 8.08. The number of nitrogens with zero attached hydrogens (tertiary/aromatic N) is 1. The van der Waals surface area contributed by atoms with Crippen molar-refractivity contribution >= 4 is 11.9 Å². The summed E-state index contributed by atoms with van der Waals surface area (Å²) in [7, 11) is 0. The number of carbonyl (C=O) groups is 2. The third-order valence-electron chi connectivity index (χ3n) is 6.80. The first kappa shape index (κ1) is 27.6. The van der Waals surface area contributed by atoms with Crippen LogP contribution in [0.4, 0.5) is 0 Å². The molecule has 1 unspecified atom stereocenters. The second kappa shape index (κ2) is 11.1. The van der Waals surface area contributed by atoms with Gasteiger partial charge in [0.25, 0.3) is 0 Å². The second-order valence-electron chi connectivity index (χ2n) is 12.2. The van der Waals surface area contributed by atoms with Gasteiger partial charge in [-0.1, -0.05) is 60.7 Å². The molecular weight excluding hydrogens is 474 g/mol. The number of carbonyl (C=O) groups excluding carboxylic acids is 2. The molecule has 0 bridgehead atoms. The van der Waals surface area contributed by atoms with Gasteiger partial charge in [-0.25, -0.2) is 0 Å². The highest BCUT2D eigenvalue weighted by molar-refractivity contribution is 5.81. The zero-order valence-electron chi connectivity index (χ0n) is 23.4. The maximum Gasteiger partial charge on any atom is 0.316 e. The number of rotatable bonds is 5. The summed E-state index contributed by atoms with van der Waals surface area (Å²) in [6.45, 7) is 13.4. The van der Waals surface area contributed by atoms with E-state index in [1.807, 2.05) is 65.8 Å². The van der Waals surface area contributed by atoms with E-state index in [0.717, 1.165) is 37.2 Å². The monoisotopic (exact) mass is 513 g/mol. The molecule has 3 aromatic rings. The number of benzene rings is 3. The average Bonchev–Trinajstić information content (AvgIpc) is 3.03. The van der Waals surface area contributed by atoms with Gasteiger partial charge >= 0.3 is 11.9 Å². The van der Waals surface area contributed by atoms with Crippen LogP contribution in [0.3, 0.4) is 0 Å². The minimum atomic E-state index is -0.705. The lowest BCUT2D eigenvalue weighted by Gasteiger charge is -2.26. The first-order chi connectivity index (χ1) is 17.9. The molecule has 0 amide bonds. The Labute approximate surface area is 226 Å². The molecule has 1 aliphatic heterocycles. The third-order valence-corrected chi connectivity index (χ3v) is 6.80. The van der Waals surface area contributed by atoms with Crippen molar-refractivity contribution in [2.75, 3.05) is 13.1 Å². The molecule has 0 saturated carbocycles. The summed E-state index contributed by atoms with van der Waals surface area (Å²) in [5, 5.41) is 0. The van der Waals surface area contributed by atoms with Crippen molar-refractivity contribution in [3.8, 4) is 11.5 Å². The van der Waals surface area contributed by atoms with E-state index >= 15 is 0 Å². The Balaban J connectivity index is 1.79. The van der Waals surface area contributed by atoms with Gasteiger partial charge < -0.3 is 9.47 Å². The van der Waals surface area contributed by atoms with Crippen LogP contribution in [-0.2, 0) is 22.6 Å².